The second-order valence-electron chi connectivity index (χ2n) is 10.2. The molecular formula is C25H38BN3O5. The summed E-state index contributed by atoms with van der Waals surface area (Å²) in [7, 11) is -1.27. The van der Waals surface area contributed by atoms with E-state index in [0.29, 0.717) is 36.3 Å². The number of amides is 1. The number of carbonyl (C=O) groups is 2. The van der Waals surface area contributed by atoms with Gasteiger partial charge in [0.15, 0.2) is 0 Å². The van der Waals surface area contributed by atoms with Crippen LogP contribution in [0, 0.1) is 11.8 Å². The molecule has 3 atom stereocenters. The molecule has 5 N–H and O–H groups in total. The van der Waals surface area contributed by atoms with Crippen molar-refractivity contribution in [2.24, 2.45) is 11.8 Å². The molecule has 9 heteroatoms. The summed E-state index contributed by atoms with van der Waals surface area (Å²) < 4.78 is 5.49. The van der Waals surface area contributed by atoms with Crippen LogP contribution in [-0.4, -0.2) is 60.7 Å². The van der Waals surface area contributed by atoms with E-state index in [0.717, 1.165) is 38.9 Å². The van der Waals surface area contributed by atoms with E-state index in [1.54, 1.807) is 12.1 Å². The molecule has 3 unspecified atom stereocenters. The third kappa shape index (κ3) is 6.74. The van der Waals surface area contributed by atoms with Gasteiger partial charge in [0, 0.05) is 25.6 Å². The van der Waals surface area contributed by atoms with E-state index in [1.165, 1.54) is 38.2 Å². The van der Waals surface area contributed by atoms with Crippen molar-refractivity contribution in [3.05, 3.63) is 29.3 Å². The molecule has 1 heterocycles. The van der Waals surface area contributed by atoms with E-state index < -0.39 is 19.0 Å². The highest BCUT2D eigenvalue weighted by Gasteiger charge is 2.38. The van der Waals surface area contributed by atoms with Gasteiger partial charge >= 0.3 is 13.1 Å². The minimum absolute atomic E-state index is 0.0255. The number of hydrogen-bond acceptors (Lipinski definition) is 6. The van der Waals surface area contributed by atoms with Crippen LogP contribution in [0.1, 0.15) is 73.7 Å². The molecule has 1 aromatic rings. The summed E-state index contributed by atoms with van der Waals surface area (Å²) in [6.45, 7) is 3.01. The summed E-state index contributed by atoms with van der Waals surface area (Å²) >= 11 is 0. The first kappa shape index (κ1) is 25.0. The lowest BCUT2D eigenvalue weighted by Gasteiger charge is -2.31. The number of fused-ring (bicyclic) bond motifs is 1. The van der Waals surface area contributed by atoms with Crippen molar-refractivity contribution in [2.75, 3.05) is 19.6 Å². The number of rotatable bonds is 10. The number of benzene rings is 1. The normalized spacial score (nSPS) is 25.0. The zero-order valence-electron chi connectivity index (χ0n) is 19.9. The highest BCUT2D eigenvalue weighted by Crippen LogP contribution is 2.32. The Balaban J connectivity index is 1.18. The Morgan fingerprint density at radius 3 is 2.65 bits per heavy atom. The zero-order valence-corrected chi connectivity index (χ0v) is 19.9. The maximum Gasteiger partial charge on any atom is 0.547 e. The highest BCUT2D eigenvalue weighted by molar-refractivity contribution is 6.47. The molecule has 2 aliphatic carbocycles. The van der Waals surface area contributed by atoms with Crippen LogP contribution in [-0.2, 0) is 11.2 Å². The number of carboxylic acid groups (broad SMARTS) is 1. The van der Waals surface area contributed by atoms with Gasteiger partial charge in [-0.3, -0.25) is 4.79 Å². The molecule has 0 radical (unpaired) electrons. The van der Waals surface area contributed by atoms with E-state index in [9.17, 15) is 19.7 Å². The molecular weight excluding hydrogens is 433 g/mol. The second-order valence-corrected chi connectivity index (χ2v) is 10.2. The average Bonchev–Trinajstić information content (AvgIpc) is 3.33. The van der Waals surface area contributed by atoms with E-state index in [-0.39, 0.29) is 17.2 Å². The summed E-state index contributed by atoms with van der Waals surface area (Å²) in [5, 5.41) is 29.9. The molecule has 1 aliphatic heterocycles. The number of para-hydroxylation sites is 1. The fraction of sp³-hybridized carbons (Fsp3) is 0.680. The molecule has 34 heavy (non-hydrogen) atoms. The van der Waals surface area contributed by atoms with Crippen molar-refractivity contribution in [1.29, 1.82) is 0 Å². The van der Waals surface area contributed by atoms with E-state index in [1.807, 2.05) is 0 Å². The minimum atomic E-state index is -1.27. The summed E-state index contributed by atoms with van der Waals surface area (Å²) in [5.41, 5.74) is 0.708. The highest BCUT2D eigenvalue weighted by atomic mass is 16.5. The van der Waals surface area contributed by atoms with Gasteiger partial charge in [-0.05, 0) is 68.5 Å². The second kappa shape index (κ2) is 12.0. The Morgan fingerprint density at radius 2 is 1.85 bits per heavy atom. The van der Waals surface area contributed by atoms with Crippen LogP contribution in [0.25, 0.3) is 0 Å². The molecule has 8 nitrogen and oxygen atoms in total. The molecule has 186 valence electrons. The van der Waals surface area contributed by atoms with Crippen LogP contribution in [0.2, 0.25) is 0 Å². The van der Waals surface area contributed by atoms with Gasteiger partial charge in [0.2, 0.25) is 5.91 Å². The van der Waals surface area contributed by atoms with Crippen LogP contribution in [0.3, 0.4) is 0 Å². The standard InChI is InChI=1S/C25H38BN3O5/c30-23(29-22-15-19-7-4-10-21(25(31)32)24(19)34-26(22)33)14-17-5-3-6-18(13-17)16-27-11-12-28-20-8-1-2-9-20/h4,7,10,17-18,20,22,27-28,33H,1-3,5-6,8-9,11-16H2,(H,29,30)(H,31,32). The summed E-state index contributed by atoms with van der Waals surface area (Å²) in [6.07, 6.45) is 10.6. The molecule has 0 spiro atoms. The topological polar surface area (TPSA) is 120 Å². The minimum Gasteiger partial charge on any atom is -0.534 e. The number of carboxylic acids is 1. The van der Waals surface area contributed by atoms with Gasteiger partial charge in [0.1, 0.15) is 5.75 Å². The summed E-state index contributed by atoms with van der Waals surface area (Å²) in [5.74, 6) is -0.623. The van der Waals surface area contributed by atoms with Crippen molar-refractivity contribution in [1.82, 2.24) is 16.0 Å². The summed E-state index contributed by atoms with van der Waals surface area (Å²) in [6, 6.07) is 5.59. The predicted molar refractivity (Wildman–Crippen MR) is 131 cm³/mol. The van der Waals surface area contributed by atoms with Crippen molar-refractivity contribution in [3.63, 3.8) is 0 Å². The van der Waals surface area contributed by atoms with Gasteiger partial charge in [-0.2, -0.15) is 0 Å². The van der Waals surface area contributed by atoms with Gasteiger partial charge in [-0.1, -0.05) is 31.4 Å². The van der Waals surface area contributed by atoms with Gasteiger partial charge in [-0.25, -0.2) is 4.79 Å². The molecule has 1 aromatic carbocycles. The first-order chi connectivity index (χ1) is 16.5. The van der Waals surface area contributed by atoms with Crippen molar-refractivity contribution >= 4 is 19.0 Å². The fourth-order valence-electron chi connectivity index (χ4n) is 5.82. The van der Waals surface area contributed by atoms with Crippen LogP contribution in [0.15, 0.2) is 18.2 Å². The van der Waals surface area contributed by atoms with E-state index in [4.69, 9.17) is 4.65 Å². The van der Waals surface area contributed by atoms with Gasteiger partial charge < -0.3 is 30.7 Å². The maximum atomic E-state index is 12.7. The molecule has 2 saturated carbocycles. The lowest BCUT2D eigenvalue weighted by molar-refractivity contribution is -0.122. The zero-order chi connectivity index (χ0) is 23.9. The lowest BCUT2D eigenvalue weighted by atomic mass is 9.72. The van der Waals surface area contributed by atoms with Crippen LogP contribution in [0.5, 0.6) is 5.75 Å². The molecule has 2 fully saturated rings. The Labute approximate surface area is 202 Å². The van der Waals surface area contributed by atoms with Crippen molar-refractivity contribution in [3.8, 4) is 5.75 Å². The Hall–Kier alpha value is -2.10. The van der Waals surface area contributed by atoms with E-state index in [2.05, 4.69) is 16.0 Å². The first-order valence-corrected chi connectivity index (χ1v) is 12.9. The quantitative estimate of drug-likeness (QED) is 0.262. The maximum absolute atomic E-state index is 12.7. The molecule has 4 rings (SSSR count). The Morgan fingerprint density at radius 1 is 1.06 bits per heavy atom. The van der Waals surface area contributed by atoms with E-state index >= 15 is 0 Å². The molecule has 1 amide bonds. The third-order valence-corrected chi connectivity index (χ3v) is 7.58. The number of aromatic carboxylic acids is 1. The first-order valence-electron chi connectivity index (χ1n) is 12.9. The fourth-order valence-corrected chi connectivity index (χ4v) is 5.82. The van der Waals surface area contributed by atoms with Gasteiger partial charge in [0.25, 0.3) is 0 Å². The van der Waals surface area contributed by atoms with Crippen LogP contribution in [0.4, 0.5) is 0 Å². The molecule has 0 bridgehead atoms. The third-order valence-electron chi connectivity index (χ3n) is 7.58. The van der Waals surface area contributed by atoms with Gasteiger partial charge in [0.05, 0.1) is 11.5 Å². The average molecular weight is 471 g/mol. The molecule has 0 aromatic heterocycles. The number of nitrogens with one attached hydrogen (secondary N) is 3. The van der Waals surface area contributed by atoms with Crippen LogP contribution < -0.4 is 20.6 Å². The van der Waals surface area contributed by atoms with Crippen molar-refractivity contribution in [2.45, 2.75) is 76.2 Å². The summed E-state index contributed by atoms with van der Waals surface area (Å²) in [4.78, 5) is 24.1. The Bertz CT molecular complexity index is 848. The molecule has 0 saturated heterocycles. The lowest BCUT2D eigenvalue weighted by Crippen LogP contribution is -2.53. The van der Waals surface area contributed by atoms with Crippen LogP contribution >= 0.6 is 0 Å². The molecule has 3 aliphatic rings. The predicted octanol–water partition coefficient (Wildman–Crippen LogP) is 2.14. The largest absolute Gasteiger partial charge is 0.547 e. The SMILES string of the molecule is O=C(CC1CCCC(CNCCNC2CCCC2)C1)NC1Cc2cccc(C(=O)O)c2OB1O. The number of carbonyl (C=O) groups excluding carboxylic acids is 1. The number of hydrogen-bond donors (Lipinski definition) is 5. The smallest absolute Gasteiger partial charge is 0.534 e. The monoisotopic (exact) mass is 471 g/mol. The van der Waals surface area contributed by atoms with Gasteiger partial charge in [-0.15, -0.1) is 0 Å². The van der Waals surface area contributed by atoms with Crippen molar-refractivity contribution < 1.29 is 24.4 Å². The Kier molecular flexibility index (Phi) is 8.86.